The summed E-state index contributed by atoms with van der Waals surface area (Å²) in [5, 5.41) is 3.23. The fourth-order valence-electron chi connectivity index (χ4n) is 1.35. The highest BCUT2D eigenvalue weighted by Crippen LogP contribution is 2.25. The molecule has 0 aromatic carbocycles. The van der Waals surface area contributed by atoms with Crippen molar-refractivity contribution in [1.29, 1.82) is 0 Å². The monoisotopic (exact) mass is 217 g/mol. The number of cyclic esters (lactones) is 1. The van der Waals surface area contributed by atoms with Crippen molar-refractivity contribution in [3.05, 3.63) is 0 Å². The average Bonchev–Trinajstić information content (AvgIpc) is 2.43. The standard InChI is InChI=1S/C10H19NO2S/c1-10(2,3)9-11-7(5-6-14-4)8(12)13-9/h7,9,11H,5-6H2,1-4H3/t7-,9-/m1/s1. The van der Waals surface area contributed by atoms with Crippen molar-refractivity contribution < 1.29 is 9.53 Å². The van der Waals surface area contributed by atoms with Gasteiger partial charge in [-0.25, -0.2) is 0 Å². The summed E-state index contributed by atoms with van der Waals surface area (Å²) < 4.78 is 5.28. The molecule has 0 saturated carbocycles. The van der Waals surface area contributed by atoms with Gasteiger partial charge in [-0.05, 0) is 18.4 Å². The maximum Gasteiger partial charge on any atom is 0.324 e. The number of rotatable bonds is 3. The number of hydrogen-bond donors (Lipinski definition) is 1. The molecule has 1 saturated heterocycles. The fourth-order valence-corrected chi connectivity index (χ4v) is 1.82. The number of esters is 1. The summed E-state index contributed by atoms with van der Waals surface area (Å²) in [5.74, 6) is 0.892. The first-order chi connectivity index (χ1) is 6.45. The predicted molar refractivity (Wildman–Crippen MR) is 59.3 cm³/mol. The Bertz CT molecular complexity index is 213. The highest BCUT2D eigenvalue weighted by atomic mass is 32.2. The highest BCUT2D eigenvalue weighted by Gasteiger charge is 2.39. The van der Waals surface area contributed by atoms with E-state index in [2.05, 4.69) is 26.1 Å². The van der Waals surface area contributed by atoms with E-state index in [1.807, 2.05) is 6.26 Å². The zero-order valence-electron chi connectivity index (χ0n) is 9.29. The average molecular weight is 217 g/mol. The van der Waals surface area contributed by atoms with Gasteiger partial charge in [-0.1, -0.05) is 20.8 Å². The summed E-state index contributed by atoms with van der Waals surface area (Å²) in [7, 11) is 0. The van der Waals surface area contributed by atoms with Gasteiger partial charge in [0.1, 0.15) is 6.04 Å². The second-order valence-electron chi connectivity index (χ2n) is 4.68. The molecule has 0 aliphatic carbocycles. The van der Waals surface area contributed by atoms with Crippen LogP contribution in [0, 0.1) is 5.41 Å². The molecule has 0 aromatic rings. The molecule has 1 fully saturated rings. The van der Waals surface area contributed by atoms with Crippen LogP contribution in [-0.4, -0.2) is 30.2 Å². The molecule has 3 nitrogen and oxygen atoms in total. The van der Waals surface area contributed by atoms with Crippen molar-refractivity contribution in [3.63, 3.8) is 0 Å². The predicted octanol–water partition coefficient (Wildman–Crippen LogP) is 1.63. The summed E-state index contributed by atoms with van der Waals surface area (Å²) in [6.45, 7) is 6.19. The van der Waals surface area contributed by atoms with Crippen LogP contribution in [0.3, 0.4) is 0 Å². The van der Waals surface area contributed by atoms with Gasteiger partial charge in [0, 0.05) is 5.41 Å². The normalized spacial score (nSPS) is 27.9. The molecule has 1 aliphatic rings. The second-order valence-corrected chi connectivity index (χ2v) is 5.67. The van der Waals surface area contributed by atoms with Gasteiger partial charge in [0.25, 0.3) is 0 Å². The molecule has 4 heteroatoms. The van der Waals surface area contributed by atoms with Gasteiger partial charge in [-0.15, -0.1) is 0 Å². The zero-order chi connectivity index (χ0) is 10.8. The molecule has 0 amide bonds. The largest absolute Gasteiger partial charge is 0.445 e. The van der Waals surface area contributed by atoms with Crippen molar-refractivity contribution in [2.75, 3.05) is 12.0 Å². The zero-order valence-corrected chi connectivity index (χ0v) is 10.1. The quantitative estimate of drug-likeness (QED) is 0.729. The highest BCUT2D eigenvalue weighted by molar-refractivity contribution is 7.98. The Hall–Kier alpha value is -0.220. The van der Waals surface area contributed by atoms with Crippen molar-refractivity contribution >= 4 is 17.7 Å². The molecule has 1 heterocycles. The van der Waals surface area contributed by atoms with Gasteiger partial charge in [0.05, 0.1) is 0 Å². The van der Waals surface area contributed by atoms with E-state index >= 15 is 0 Å². The number of ether oxygens (including phenoxy) is 1. The van der Waals surface area contributed by atoms with Crippen molar-refractivity contribution in [2.24, 2.45) is 5.41 Å². The van der Waals surface area contributed by atoms with Gasteiger partial charge in [-0.2, -0.15) is 11.8 Å². The van der Waals surface area contributed by atoms with Crippen LogP contribution in [0.25, 0.3) is 0 Å². The Morgan fingerprint density at radius 1 is 1.50 bits per heavy atom. The Kier molecular flexibility index (Phi) is 3.84. The van der Waals surface area contributed by atoms with Crippen LogP contribution in [0.4, 0.5) is 0 Å². The first-order valence-electron chi connectivity index (χ1n) is 4.90. The van der Waals surface area contributed by atoms with Gasteiger partial charge < -0.3 is 4.74 Å². The Morgan fingerprint density at radius 2 is 2.14 bits per heavy atom. The van der Waals surface area contributed by atoms with Gasteiger partial charge >= 0.3 is 5.97 Å². The van der Waals surface area contributed by atoms with E-state index in [0.29, 0.717) is 0 Å². The number of carbonyl (C=O) groups excluding carboxylic acids is 1. The van der Waals surface area contributed by atoms with Crippen molar-refractivity contribution in [3.8, 4) is 0 Å². The third-order valence-electron chi connectivity index (χ3n) is 2.27. The van der Waals surface area contributed by atoms with E-state index in [1.54, 1.807) is 11.8 Å². The maximum absolute atomic E-state index is 11.4. The molecule has 1 aliphatic heterocycles. The van der Waals surface area contributed by atoms with E-state index in [1.165, 1.54) is 0 Å². The van der Waals surface area contributed by atoms with Crippen LogP contribution in [-0.2, 0) is 9.53 Å². The fraction of sp³-hybridized carbons (Fsp3) is 0.900. The molecule has 14 heavy (non-hydrogen) atoms. The molecule has 0 aromatic heterocycles. The van der Waals surface area contributed by atoms with Crippen molar-refractivity contribution in [2.45, 2.75) is 39.5 Å². The SMILES string of the molecule is CSCC[C@H]1N[C@@H](C(C)(C)C)OC1=O. The minimum Gasteiger partial charge on any atom is -0.445 e. The second kappa shape index (κ2) is 4.53. The van der Waals surface area contributed by atoms with Crippen LogP contribution < -0.4 is 5.32 Å². The molecule has 0 unspecified atom stereocenters. The summed E-state index contributed by atoms with van der Waals surface area (Å²) in [5.41, 5.74) is -0.0240. The molecule has 82 valence electrons. The van der Waals surface area contributed by atoms with Crippen LogP contribution in [0.2, 0.25) is 0 Å². The molecule has 2 atom stereocenters. The van der Waals surface area contributed by atoms with E-state index in [-0.39, 0.29) is 23.7 Å². The lowest BCUT2D eigenvalue weighted by molar-refractivity contribution is -0.146. The molecule has 0 spiro atoms. The summed E-state index contributed by atoms with van der Waals surface area (Å²) in [6, 6.07) is -0.105. The van der Waals surface area contributed by atoms with Gasteiger partial charge in [0.2, 0.25) is 0 Å². The van der Waals surface area contributed by atoms with E-state index in [0.717, 1.165) is 12.2 Å². The Balaban J connectivity index is 2.47. The maximum atomic E-state index is 11.4. The molecule has 0 radical (unpaired) electrons. The minimum absolute atomic E-state index is 0.0240. The molecular weight excluding hydrogens is 198 g/mol. The topological polar surface area (TPSA) is 38.3 Å². The van der Waals surface area contributed by atoms with E-state index in [4.69, 9.17) is 4.74 Å². The number of nitrogens with one attached hydrogen (secondary N) is 1. The smallest absolute Gasteiger partial charge is 0.324 e. The molecule has 0 bridgehead atoms. The summed E-state index contributed by atoms with van der Waals surface area (Å²) >= 11 is 1.75. The molecule has 1 N–H and O–H groups in total. The third-order valence-corrected chi connectivity index (χ3v) is 2.91. The number of thioether (sulfide) groups is 1. The van der Waals surface area contributed by atoms with Gasteiger partial charge in [-0.3, -0.25) is 10.1 Å². The number of hydrogen-bond acceptors (Lipinski definition) is 4. The molecule has 1 rings (SSSR count). The number of carbonyl (C=O) groups is 1. The van der Waals surface area contributed by atoms with Gasteiger partial charge in [0.15, 0.2) is 6.23 Å². The van der Waals surface area contributed by atoms with Crippen molar-refractivity contribution in [1.82, 2.24) is 5.32 Å². The van der Waals surface area contributed by atoms with Crippen LogP contribution in [0.15, 0.2) is 0 Å². The minimum atomic E-state index is -0.137. The first kappa shape index (κ1) is 11.9. The lowest BCUT2D eigenvalue weighted by Gasteiger charge is -2.25. The van der Waals surface area contributed by atoms with Crippen LogP contribution >= 0.6 is 11.8 Å². The van der Waals surface area contributed by atoms with Crippen LogP contribution in [0.5, 0.6) is 0 Å². The lowest BCUT2D eigenvalue weighted by atomic mass is 9.94. The lowest BCUT2D eigenvalue weighted by Crippen LogP contribution is -2.39. The van der Waals surface area contributed by atoms with E-state index in [9.17, 15) is 4.79 Å². The summed E-state index contributed by atoms with van der Waals surface area (Å²) in [4.78, 5) is 11.4. The Labute approximate surface area is 90.0 Å². The third kappa shape index (κ3) is 2.89. The van der Waals surface area contributed by atoms with Crippen LogP contribution in [0.1, 0.15) is 27.2 Å². The van der Waals surface area contributed by atoms with E-state index < -0.39 is 0 Å². The summed E-state index contributed by atoms with van der Waals surface area (Å²) in [6.07, 6.45) is 2.76. The first-order valence-corrected chi connectivity index (χ1v) is 6.30. The molecular formula is C10H19NO2S. The Morgan fingerprint density at radius 3 is 2.57 bits per heavy atom.